The average molecular weight is 426 g/mol. The van der Waals surface area contributed by atoms with E-state index in [4.69, 9.17) is 0 Å². The Morgan fingerprint density at radius 3 is 2.35 bits per heavy atom. The van der Waals surface area contributed by atoms with Crippen LogP contribution in [0.1, 0.15) is 41.4 Å². The van der Waals surface area contributed by atoms with Crippen molar-refractivity contribution in [2.75, 3.05) is 38.0 Å². The number of unbranched alkanes of at least 4 members (excludes halogenated alkanes) is 1. The van der Waals surface area contributed by atoms with Crippen LogP contribution in [0, 0.1) is 13.8 Å². The summed E-state index contributed by atoms with van der Waals surface area (Å²) in [5.41, 5.74) is 3.04. The van der Waals surface area contributed by atoms with Crippen molar-refractivity contribution in [1.29, 1.82) is 0 Å². The van der Waals surface area contributed by atoms with Gasteiger partial charge in [0.15, 0.2) is 0 Å². The SMILES string of the molecule is CCCCn1nc(C(=O)N2CCN(CC(=O)Nc3c(C)cccc3C)CC2)ccc1=O. The largest absolute Gasteiger partial charge is 0.335 e. The maximum Gasteiger partial charge on any atom is 0.274 e. The molecule has 1 aromatic heterocycles. The van der Waals surface area contributed by atoms with Gasteiger partial charge in [-0.3, -0.25) is 19.3 Å². The molecule has 0 unspecified atom stereocenters. The predicted molar refractivity (Wildman–Crippen MR) is 120 cm³/mol. The molecule has 0 spiro atoms. The molecule has 0 radical (unpaired) electrons. The Bertz CT molecular complexity index is 973. The fourth-order valence-electron chi connectivity index (χ4n) is 3.70. The van der Waals surface area contributed by atoms with Crippen LogP contribution >= 0.6 is 0 Å². The van der Waals surface area contributed by atoms with E-state index in [-0.39, 0.29) is 29.6 Å². The van der Waals surface area contributed by atoms with Crippen LogP contribution in [0.2, 0.25) is 0 Å². The van der Waals surface area contributed by atoms with Crippen LogP contribution in [0.25, 0.3) is 0 Å². The van der Waals surface area contributed by atoms with Gasteiger partial charge in [0.05, 0.1) is 6.54 Å². The zero-order valence-corrected chi connectivity index (χ0v) is 18.6. The van der Waals surface area contributed by atoms with E-state index < -0.39 is 0 Å². The Balaban J connectivity index is 1.54. The number of rotatable bonds is 7. The Morgan fingerprint density at radius 2 is 1.71 bits per heavy atom. The first-order valence-corrected chi connectivity index (χ1v) is 10.8. The van der Waals surface area contributed by atoms with Gasteiger partial charge >= 0.3 is 0 Å². The molecule has 0 saturated carbocycles. The Hall–Kier alpha value is -3.00. The highest BCUT2D eigenvalue weighted by Crippen LogP contribution is 2.19. The van der Waals surface area contributed by atoms with Crippen molar-refractivity contribution in [2.45, 2.75) is 40.2 Å². The summed E-state index contributed by atoms with van der Waals surface area (Å²) in [6.45, 7) is 9.07. The van der Waals surface area contributed by atoms with Gasteiger partial charge in [-0.15, -0.1) is 0 Å². The molecular weight excluding hydrogens is 394 g/mol. The molecular formula is C23H31N5O3. The van der Waals surface area contributed by atoms with Gasteiger partial charge in [0.25, 0.3) is 11.5 Å². The van der Waals surface area contributed by atoms with E-state index in [1.165, 1.54) is 16.8 Å². The van der Waals surface area contributed by atoms with Gasteiger partial charge in [0.2, 0.25) is 5.91 Å². The quantitative estimate of drug-likeness (QED) is 0.734. The van der Waals surface area contributed by atoms with Gasteiger partial charge in [0, 0.05) is 44.5 Å². The summed E-state index contributed by atoms with van der Waals surface area (Å²) in [6.07, 6.45) is 1.79. The van der Waals surface area contributed by atoms with Crippen molar-refractivity contribution >= 4 is 17.5 Å². The third-order valence-corrected chi connectivity index (χ3v) is 5.58. The second kappa shape index (κ2) is 10.3. The van der Waals surface area contributed by atoms with E-state index in [9.17, 15) is 14.4 Å². The number of carbonyl (C=O) groups excluding carboxylic acids is 2. The molecule has 0 aliphatic carbocycles. The number of amides is 2. The number of para-hydroxylation sites is 1. The molecule has 1 saturated heterocycles. The molecule has 2 aromatic rings. The van der Waals surface area contributed by atoms with Gasteiger partial charge in [-0.1, -0.05) is 31.5 Å². The molecule has 0 atom stereocenters. The average Bonchev–Trinajstić information content (AvgIpc) is 2.76. The molecule has 166 valence electrons. The summed E-state index contributed by atoms with van der Waals surface area (Å²) in [7, 11) is 0. The summed E-state index contributed by atoms with van der Waals surface area (Å²) in [5.74, 6) is -0.230. The standard InChI is InChI=1S/C23H31N5O3/c1-4-5-11-28-21(30)10-9-19(25-28)23(31)27-14-12-26(13-15-27)16-20(29)24-22-17(2)7-6-8-18(22)3/h6-10H,4-5,11-16H2,1-3H3,(H,24,29). The van der Waals surface area contributed by atoms with Gasteiger partial charge in [0.1, 0.15) is 5.69 Å². The molecule has 1 fully saturated rings. The minimum atomic E-state index is -0.190. The first-order chi connectivity index (χ1) is 14.9. The minimum absolute atomic E-state index is 0.0538. The highest BCUT2D eigenvalue weighted by molar-refractivity contribution is 5.94. The van der Waals surface area contributed by atoms with Crippen molar-refractivity contribution in [1.82, 2.24) is 19.6 Å². The Morgan fingerprint density at radius 1 is 1.03 bits per heavy atom. The lowest BCUT2D eigenvalue weighted by Gasteiger charge is -2.34. The molecule has 8 nitrogen and oxygen atoms in total. The summed E-state index contributed by atoms with van der Waals surface area (Å²) in [5, 5.41) is 7.26. The van der Waals surface area contributed by atoms with Crippen LogP contribution in [-0.4, -0.2) is 64.1 Å². The third kappa shape index (κ3) is 5.79. The predicted octanol–water partition coefficient (Wildman–Crippen LogP) is 2.06. The lowest BCUT2D eigenvalue weighted by atomic mass is 10.1. The number of piperazine rings is 1. The highest BCUT2D eigenvalue weighted by atomic mass is 16.2. The summed E-state index contributed by atoms with van der Waals surface area (Å²) < 4.78 is 1.37. The maximum atomic E-state index is 12.8. The third-order valence-electron chi connectivity index (χ3n) is 5.58. The number of nitrogens with one attached hydrogen (secondary N) is 1. The number of nitrogens with zero attached hydrogens (tertiary/aromatic N) is 4. The fraction of sp³-hybridized carbons (Fsp3) is 0.478. The number of hydrogen-bond donors (Lipinski definition) is 1. The van der Waals surface area contributed by atoms with E-state index >= 15 is 0 Å². The lowest BCUT2D eigenvalue weighted by Crippen LogP contribution is -2.50. The van der Waals surface area contributed by atoms with Crippen LogP contribution in [0.4, 0.5) is 5.69 Å². The number of aryl methyl sites for hydroxylation is 3. The molecule has 1 N–H and O–H groups in total. The van der Waals surface area contributed by atoms with Crippen molar-refractivity contribution in [3.63, 3.8) is 0 Å². The second-order valence-corrected chi connectivity index (χ2v) is 8.02. The summed E-state index contributed by atoms with van der Waals surface area (Å²) in [6, 6.07) is 8.83. The first kappa shape index (κ1) is 22.7. The van der Waals surface area contributed by atoms with E-state index in [1.54, 1.807) is 4.90 Å². The molecule has 1 aliphatic rings. The highest BCUT2D eigenvalue weighted by Gasteiger charge is 2.24. The summed E-state index contributed by atoms with van der Waals surface area (Å²) in [4.78, 5) is 41.0. The fourth-order valence-corrected chi connectivity index (χ4v) is 3.70. The van der Waals surface area contributed by atoms with Crippen molar-refractivity contribution in [3.05, 3.63) is 57.5 Å². The van der Waals surface area contributed by atoms with Crippen LogP contribution in [0.15, 0.2) is 35.1 Å². The van der Waals surface area contributed by atoms with Crippen molar-refractivity contribution in [2.24, 2.45) is 0 Å². The number of carbonyl (C=O) groups is 2. The van der Waals surface area contributed by atoms with Gasteiger partial charge in [-0.05, 0) is 37.5 Å². The number of anilines is 1. The molecule has 8 heteroatoms. The molecule has 1 aliphatic heterocycles. The molecule has 2 amide bonds. The Kier molecular flexibility index (Phi) is 7.57. The smallest absolute Gasteiger partial charge is 0.274 e. The molecule has 3 rings (SSSR count). The Labute approximate surface area is 182 Å². The van der Waals surface area contributed by atoms with Crippen LogP contribution in [0.5, 0.6) is 0 Å². The van der Waals surface area contributed by atoms with Gasteiger partial charge in [-0.25, -0.2) is 4.68 Å². The first-order valence-electron chi connectivity index (χ1n) is 10.8. The normalized spacial score (nSPS) is 14.5. The van der Waals surface area contributed by atoms with Crippen LogP contribution < -0.4 is 10.9 Å². The minimum Gasteiger partial charge on any atom is -0.335 e. The lowest BCUT2D eigenvalue weighted by molar-refractivity contribution is -0.117. The zero-order chi connectivity index (χ0) is 22.4. The van der Waals surface area contributed by atoms with Crippen molar-refractivity contribution < 1.29 is 9.59 Å². The van der Waals surface area contributed by atoms with E-state index in [0.29, 0.717) is 32.7 Å². The number of benzene rings is 1. The molecule has 31 heavy (non-hydrogen) atoms. The van der Waals surface area contributed by atoms with E-state index in [2.05, 4.69) is 10.4 Å². The zero-order valence-electron chi connectivity index (χ0n) is 18.6. The van der Waals surface area contributed by atoms with Crippen LogP contribution in [-0.2, 0) is 11.3 Å². The number of hydrogen-bond acceptors (Lipinski definition) is 5. The molecule has 0 bridgehead atoms. The van der Waals surface area contributed by atoms with Crippen LogP contribution in [0.3, 0.4) is 0 Å². The van der Waals surface area contributed by atoms with E-state index in [0.717, 1.165) is 29.7 Å². The molecule has 1 aromatic carbocycles. The van der Waals surface area contributed by atoms with Gasteiger partial charge in [-0.2, -0.15) is 5.10 Å². The van der Waals surface area contributed by atoms with Crippen molar-refractivity contribution in [3.8, 4) is 0 Å². The van der Waals surface area contributed by atoms with E-state index in [1.807, 2.05) is 43.9 Å². The monoisotopic (exact) mass is 425 g/mol. The summed E-state index contributed by atoms with van der Waals surface area (Å²) >= 11 is 0. The topological polar surface area (TPSA) is 87.5 Å². The maximum absolute atomic E-state index is 12.8. The van der Waals surface area contributed by atoms with Gasteiger partial charge < -0.3 is 10.2 Å². The molecule has 2 heterocycles. The second-order valence-electron chi connectivity index (χ2n) is 8.02. The number of aromatic nitrogens is 2.